The van der Waals surface area contributed by atoms with Gasteiger partial charge in [-0.05, 0) is 37.3 Å². The molecule has 1 aliphatic rings. The molecule has 0 N–H and O–H groups in total. The molecule has 0 saturated carbocycles. The molecule has 25 heavy (non-hydrogen) atoms. The maximum absolute atomic E-state index is 13.0. The van der Waals surface area contributed by atoms with Gasteiger partial charge >= 0.3 is 0 Å². The third kappa shape index (κ3) is 4.24. The molecule has 1 fully saturated rings. The van der Waals surface area contributed by atoms with Gasteiger partial charge < -0.3 is 9.64 Å². The summed E-state index contributed by atoms with van der Waals surface area (Å²) in [4.78, 5) is 26.5. The van der Waals surface area contributed by atoms with Gasteiger partial charge in [-0.3, -0.25) is 14.9 Å². The van der Waals surface area contributed by atoms with E-state index in [2.05, 4.69) is 0 Å². The van der Waals surface area contributed by atoms with E-state index in [1.807, 2.05) is 17.5 Å². The maximum atomic E-state index is 13.0. The molecule has 0 aliphatic carbocycles. The van der Waals surface area contributed by atoms with Gasteiger partial charge in [-0.2, -0.15) is 0 Å². The fraction of sp³-hybridized carbons (Fsp3) is 0.389. The zero-order valence-electron chi connectivity index (χ0n) is 14.0. The molecule has 1 atom stereocenters. The van der Waals surface area contributed by atoms with E-state index in [1.54, 1.807) is 35.3 Å². The van der Waals surface area contributed by atoms with E-state index >= 15 is 0 Å². The Morgan fingerprint density at radius 2 is 2.28 bits per heavy atom. The predicted octanol–water partition coefficient (Wildman–Crippen LogP) is 3.79. The average Bonchev–Trinajstić information content (AvgIpc) is 3.27. The molecular weight excluding hydrogens is 340 g/mol. The van der Waals surface area contributed by atoms with Crippen molar-refractivity contribution in [1.82, 2.24) is 4.90 Å². The fourth-order valence-electron chi connectivity index (χ4n) is 2.97. The quantitative estimate of drug-likeness (QED) is 0.580. The van der Waals surface area contributed by atoms with Gasteiger partial charge in [-0.25, -0.2) is 0 Å². The minimum Gasteiger partial charge on any atom is -0.376 e. The van der Waals surface area contributed by atoms with Crippen LogP contribution in [0.25, 0.3) is 0 Å². The number of hydrogen-bond donors (Lipinski definition) is 0. The highest BCUT2D eigenvalue weighted by molar-refractivity contribution is 7.09. The molecule has 1 aromatic carbocycles. The molecule has 6 nitrogen and oxygen atoms in total. The summed E-state index contributed by atoms with van der Waals surface area (Å²) in [7, 11) is 0. The molecule has 1 unspecified atom stereocenters. The predicted molar refractivity (Wildman–Crippen MR) is 95.9 cm³/mol. The number of carbonyl (C=O) groups is 1. The highest BCUT2D eigenvalue weighted by Gasteiger charge is 2.25. The minimum absolute atomic E-state index is 0.0287. The highest BCUT2D eigenvalue weighted by Crippen LogP contribution is 2.23. The zero-order valence-corrected chi connectivity index (χ0v) is 14.8. The van der Waals surface area contributed by atoms with Crippen LogP contribution in [0.2, 0.25) is 0 Å². The topological polar surface area (TPSA) is 72.7 Å². The Hall–Kier alpha value is -2.25. The van der Waals surface area contributed by atoms with E-state index < -0.39 is 4.92 Å². The lowest BCUT2D eigenvalue weighted by Crippen LogP contribution is -2.36. The molecule has 1 aromatic heterocycles. The van der Waals surface area contributed by atoms with Crippen LogP contribution in [-0.2, 0) is 11.3 Å². The molecular formula is C18H20N2O4S. The number of amides is 1. The third-order valence-corrected chi connectivity index (χ3v) is 5.18. The summed E-state index contributed by atoms with van der Waals surface area (Å²) in [5, 5.41) is 13.1. The number of carbonyl (C=O) groups excluding carboxylic acids is 1. The van der Waals surface area contributed by atoms with Crippen molar-refractivity contribution < 1.29 is 14.5 Å². The number of aryl methyl sites for hydroxylation is 1. The number of nitrogens with zero attached hydrogens (tertiary/aromatic N) is 2. The van der Waals surface area contributed by atoms with Crippen molar-refractivity contribution >= 4 is 22.9 Å². The number of rotatable bonds is 6. The minimum atomic E-state index is -0.449. The highest BCUT2D eigenvalue weighted by atomic mass is 32.1. The van der Waals surface area contributed by atoms with E-state index in [-0.39, 0.29) is 17.7 Å². The average molecular weight is 360 g/mol. The monoisotopic (exact) mass is 360 g/mol. The Bertz CT molecular complexity index is 754. The molecule has 2 heterocycles. The molecule has 2 aromatic rings. The Morgan fingerprint density at radius 1 is 1.44 bits per heavy atom. The first-order valence-electron chi connectivity index (χ1n) is 8.23. The van der Waals surface area contributed by atoms with Crippen molar-refractivity contribution in [2.24, 2.45) is 0 Å². The SMILES string of the molecule is Cc1ccc(C(=O)N(Cc2cccs2)CC2CCCO2)cc1[N+](=O)[O-]. The second kappa shape index (κ2) is 7.76. The van der Waals surface area contributed by atoms with Crippen LogP contribution in [0.5, 0.6) is 0 Å². The summed E-state index contributed by atoms with van der Waals surface area (Å²) < 4.78 is 5.67. The molecule has 7 heteroatoms. The van der Waals surface area contributed by atoms with Crippen molar-refractivity contribution in [2.45, 2.75) is 32.4 Å². The lowest BCUT2D eigenvalue weighted by atomic mass is 10.1. The third-order valence-electron chi connectivity index (χ3n) is 4.31. The summed E-state index contributed by atoms with van der Waals surface area (Å²) in [6.07, 6.45) is 1.97. The number of ether oxygens (including phenoxy) is 1. The van der Waals surface area contributed by atoms with Crippen LogP contribution in [0.15, 0.2) is 35.7 Å². The summed E-state index contributed by atoms with van der Waals surface area (Å²) >= 11 is 1.59. The number of nitro groups is 1. The second-order valence-corrected chi connectivity index (χ2v) is 7.19. The summed E-state index contributed by atoms with van der Waals surface area (Å²) in [5.74, 6) is -0.202. The molecule has 1 aliphatic heterocycles. The van der Waals surface area contributed by atoms with Crippen molar-refractivity contribution in [3.8, 4) is 0 Å². The normalized spacial score (nSPS) is 16.8. The van der Waals surface area contributed by atoms with E-state index in [4.69, 9.17) is 4.74 Å². The molecule has 132 valence electrons. The fourth-order valence-corrected chi connectivity index (χ4v) is 3.69. The molecule has 0 spiro atoms. The van der Waals surface area contributed by atoms with E-state index in [0.717, 1.165) is 24.3 Å². The number of thiophene rings is 1. The molecule has 0 radical (unpaired) electrons. The van der Waals surface area contributed by atoms with Crippen molar-refractivity contribution in [1.29, 1.82) is 0 Å². The summed E-state index contributed by atoms with van der Waals surface area (Å²) in [6.45, 7) is 3.38. The lowest BCUT2D eigenvalue weighted by molar-refractivity contribution is -0.385. The molecule has 1 amide bonds. The van der Waals surface area contributed by atoms with Crippen LogP contribution < -0.4 is 0 Å². The Kier molecular flexibility index (Phi) is 5.45. The van der Waals surface area contributed by atoms with Crippen LogP contribution in [-0.4, -0.2) is 35.0 Å². The first-order valence-corrected chi connectivity index (χ1v) is 9.11. The first kappa shape index (κ1) is 17.6. The Labute approximate surface area is 150 Å². The van der Waals surface area contributed by atoms with E-state index in [9.17, 15) is 14.9 Å². The van der Waals surface area contributed by atoms with Gasteiger partial charge in [0.25, 0.3) is 11.6 Å². The van der Waals surface area contributed by atoms with Gasteiger partial charge in [0.05, 0.1) is 17.6 Å². The Balaban J connectivity index is 1.84. The van der Waals surface area contributed by atoms with Crippen LogP contribution in [0.4, 0.5) is 5.69 Å². The van der Waals surface area contributed by atoms with Crippen LogP contribution in [0.3, 0.4) is 0 Å². The molecule has 1 saturated heterocycles. The number of benzene rings is 1. The van der Waals surface area contributed by atoms with Crippen molar-refractivity contribution in [3.63, 3.8) is 0 Å². The van der Waals surface area contributed by atoms with Gasteiger partial charge in [0, 0.05) is 35.2 Å². The van der Waals surface area contributed by atoms with Gasteiger partial charge in [-0.15, -0.1) is 11.3 Å². The number of nitro benzene ring substituents is 1. The maximum Gasteiger partial charge on any atom is 0.273 e. The van der Waals surface area contributed by atoms with Gasteiger partial charge in [0.2, 0.25) is 0 Å². The second-order valence-electron chi connectivity index (χ2n) is 6.16. The smallest absolute Gasteiger partial charge is 0.273 e. The van der Waals surface area contributed by atoms with Crippen LogP contribution in [0.1, 0.15) is 33.6 Å². The van der Waals surface area contributed by atoms with Gasteiger partial charge in [-0.1, -0.05) is 12.1 Å². The van der Waals surface area contributed by atoms with Crippen LogP contribution >= 0.6 is 11.3 Å². The summed E-state index contributed by atoms with van der Waals surface area (Å²) in [5.41, 5.74) is 0.858. The molecule has 0 bridgehead atoms. The first-order chi connectivity index (χ1) is 12.0. The van der Waals surface area contributed by atoms with Gasteiger partial charge in [0.1, 0.15) is 0 Å². The van der Waals surface area contributed by atoms with E-state index in [1.165, 1.54) is 6.07 Å². The summed E-state index contributed by atoms with van der Waals surface area (Å²) in [6, 6.07) is 8.58. The van der Waals surface area contributed by atoms with Crippen molar-refractivity contribution in [2.75, 3.05) is 13.2 Å². The van der Waals surface area contributed by atoms with Gasteiger partial charge in [0.15, 0.2) is 0 Å². The standard InChI is InChI=1S/C18H20N2O4S/c1-13-6-7-14(10-17(13)20(22)23)18(21)19(11-15-4-2-8-24-15)12-16-5-3-9-25-16/h3,5-7,9-10,15H,2,4,8,11-12H2,1H3. The largest absolute Gasteiger partial charge is 0.376 e. The van der Waals surface area contributed by atoms with Crippen LogP contribution in [0, 0.1) is 17.0 Å². The Morgan fingerprint density at radius 3 is 2.92 bits per heavy atom. The lowest BCUT2D eigenvalue weighted by Gasteiger charge is -2.25. The van der Waals surface area contributed by atoms with E-state index in [0.29, 0.717) is 24.2 Å². The zero-order chi connectivity index (χ0) is 17.8. The molecule has 3 rings (SSSR count). The number of hydrogen-bond acceptors (Lipinski definition) is 5. The van der Waals surface area contributed by atoms with Crippen molar-refractivity contribution in [3.05, 3.63) is 61.8 Å².